The van der Waals surface area contributed by atoms with Crippen LogP contribution >= 0.6 is 11.3 Å². The molecule has 1 aliphatic heterocycles. The highest BCUT2D eigenvalue weighted by molar-refractivity contribution is 7.10. The Hall–Kier alpha value is -3.05. The molecule has 1 saturated heterocycles. The lowest BCUT2D eigenvalue weighted by atomic mass is 10.1. The molecule has 1 unspecified atom stereocenters. The molecule has 33 heavy (non-hydrogen) atoms. The minimum atomic E-state index is -1.82. The van der Waals surface area contributed by atoms with E-state index >= 15 is 0 Å². The molecule has 1 aliphatic rings. The van der Waals surface area contributed by atoms with E-state index in [1.165, 1.54) is 10.4 Å². The maximum atomic E-state index is 9.10. The number of carboxylic acids is 2. The first-order chi connectivity index (χ1) is 15.9. The fraction of sp³-hybridized carbons (Fsp3) is 0.348. The van der Waals surface area contributed by atoms with Gasteiger partial charge in [-0.05, 0) is 36.2 Å². The standard InChI is InChI=1S/C21H27N5S.C2H2O4/c1-24-10-12-25(13-11-24)20(21-3-2-14-27-21)16-23-15-18-4-6-19(7-5-18)26-9-8-22-17-26;3-1(4)2(5)6/h2-9,14,17,20,23H,10-13,15-16H2,1H3;(H,3,4)(H,5,6). The van der Waals surface area contributed by atoms with Gasteiger partial charge in [0.2, 0.25) is 0 Å². The second-order valence-corrected chi connectivity index (χ2v) is 8.73. The molecule has 10 heteroatoms. The van der Waals surface area contributed by atoms with Gasteiger partial charge in [0.1, 0.15) is 0 Å². The van der Waals surface area contributed by atoms with E-state index in [0.29, 0.717) is 6.04 Å². The fourth-order valence-corrected chi connectivity index (χ4v) is 4.44. The summed E-state index contributed by atoms with van der Waals surface area (Å²) in [6.07, 6.45) is 5.60. The van der Waals surface area contributed by atoms with Crippen LogP contribution in [0.2, 0.25) is 0 Å². The minimum absolute atomic E-state index is 0.462. The quantitative estimate of drug-likeness (QED) is 0.450. The van der Waals surface area contributed by atoms with Crippen LogP contribution in [0.3, 0.4) is 0 Å². The van der Waals surface area contributed by atoms with E-state index in [0.717, 1.165) is 45.0 Å². The molecular formula is C23H29N5O4S. The smallest absolute Gasteiger partial charge is 0.414 e. The Morgan fingerprint density at radius 1 is 1.09 bits per heavy atom. The van der Waals surface area contributed by atoms with Crippen LogP contribution < -0.4 is 5.32 Å². The van der Waals surface area contributed by atoms with Crippen molar-refractivity contribution >= 4 is 23.3 Å². The predicted octanol–water partition coefficient (Wildman–Crippen LogP) is 2.17. The highest BCUT2D eigenvalue weighted by Crippen LogP contribution is 2.25. The molecule has 2 aromatic heterocycles. The first-order valence-electron chi connectivity index (χ1n) is 10.6. The van der Waals surface area contributed by atoms with Crippen molar-refractivity contribution in [1.29, 1.82) is 0 Å². The number of hydrogen-bond donors (Lipinski definition) is 3. The number of thiophene rings is 1. The zero-order valence-corrected chi connectivity index (χ0v) is 19.3. The second kappa shape index (κ2) is 12.3. The third-order valence-electron chi connectivity index (χ3n) is 5.44. The summed E-state index contributed by atoms with van der Waals surface area (Å²) < 4.78 is 2.03. The molecule has 9 nitrogen and oxygen atoms in total. The van der Waals surface area contributed by atoms with Gasteiger partial charge in [-0.2, -0.15) is 0 Å². The zero-order chi connectivity index (χ0) is 23.6. The van der Waals surface area contributed by atoms with Crippen LogP contribution in [-0.2, 0) is 16.1 Å². The largest absolute Gasteiger partial charge is 0.473 e. The number of nitrogens with one attached hydrogen (secondary N) is 1. The van der Waals surface area contributed by atoms with Gasteiger partial charge < -0.3 is 25.0 Å². The number of nitrogens with zero attached hydrogens (tertiary/aromatic N) is 4. The van der Waals surface area contributed by atoms with Gasteiger partial charge in [0, 0.05) is 62.2 Å². The zero-order valence-electron chi connectivity index (χ0n) is 18.5. The Bertz CT molecular complexity index is 973. The van der Waals surface area contributed by atoms with E-state index < -0.39 is 11.9 Å². The lowest BCUT2D eigenvalue weighted by Crippen LogP contribution is -2.47. The molecule has 3 heterocycles. The third kappa shape index (κ3) is 7.50. The van der Waals surface area contributed by atoms with Crippen molar-refractivity contribution in [2.45, 2.75) is 12.6 Å². The topological polar surface area (TPSA) is 111 Å². The van der Waals surface area contributed by atoms with E-state index in [4.69, 9.17) is 19.8 Å². The number of benzene rings is 1. The van der Waals surface area contributed by atoms with Gasteiger partial charge in [0.15, 0.2) is 0 Å². The number of imidazole rings is 1. The lowest BCUT2D eigenvalue weighted by Gasteiger charge is -2.37. The van der Waals surface area contributed by atoms with Crippen LogP contribution in [0.25, 0.3) is 5.69 Å². The molecular weight excluding hydrogens is 442 g/mol. The van der Waals surface area contributed by atoms with Crippen LogP contribution in [0.5, 0.6) is 0 Å². The summed E-state index contributed by atoms with van der Waals surface area (Å²) in [6.45, 7) is 6.45. The molecule has 0 spiro atoms. The Labute approximate surface area is 196 Å². The van der Waals surface area contributed by atoms with Crippen molar-refractivity contribution < 1.29 is 19.8 Å². The fourth-order valence-electron chi connectivity index (χ4n) is 3.58. The number of rotatable bonds is 7. The number of likely N-dealkylation sites (N-methyl/N-ethyl adjacent to an activating group) is 1. The summed E-state index contributed by atoms with van der Waals surface area (Å²) in [7, 11) is 2.21. The molecule has 3 N–H and O–H groups in total. The van der Waals surface area contributed by atoms with Gasteiger partial charge in [-0.25, -0.2) is 14.6 Å². The van der Waals surface area contributed by atoms with Crippen molar-refractivity contribution in [1.82, 2.24) is 24.7 Å². The maximum absolute atomic E-state index is 9.10. The van der Waals surface area contributed by atoms with Crippen LogP contribution in [0.15, 0.2) is 60.5 Å². The van der Waals surface area contributed by atoms with E-state index in [-0.39, 0.29) is 0 Å². The average molecular weight is 472 g/mol. The van der Waals surface area contributed by atoms with Crippen molar-refractivity contribution in [3.8, 4) is 5.69 Å². The number of piperazine rings is 1. The van der Waals surface area contributed by atoms with Crippen molar-refractivity contribution in [3.63, 3.8) is 0 Å². The Morgan fingerprint density at radius 2 is 1.79 bits per heavy atom. The summed E-state index contributed by atoms with van der Waals surface area (Å²) in [4.78, 5) is 28.8. The van der Waals surface area contributed by atoms with Crippen LogP contribution in [0.1, 0.15) is 16.5 Å². The molecule has 0 saturated carbocycles. The molecule has 0 radical (unpaired) electrons. The van der Waals surface area contributed by atoms with Gasteiger partial charge in [-0.1, -0.05) is 18.2 Å². The van der Waals surface area contributed by atoms with E-state index in [2.05, 4.69) is 68.9 Å². The SMILES string of the molecule is CN1CCN(C(CNCc2ccc(-n3ccnc3)cc2)c2cccs2)CC1.O=C(O)C(=O)O. The number of carbonyl (C=O) groups is 2. The Balaban J connectivity index is 0.000000454. The van der Waals surface area contributed by atoms with Crippen LogP contribution in [0.4, 0.5) is 0 Å². The highest BCUT2D eigenvalue weighted by atomic mass is 32.1. The maximum Gasteiger partial charge on any atom is 0.414 e. The van der Waals surface area contributed by atoms with Crippen LogP contribution in [-0.4, -0.2) is 81.3 Å². The van der Waals surface area contributed by atoms with Gasteiger partial charge in [0.25, 0.3) is 0 Å². The van der Waals surface area contributed by atoms with Crippen molar-refractivity contribution in [2.24, 2.45) is 0 Å². The third-order valence-corrected chi connectivity index (χ3v) is 6.41. The van der Waals surface area contributed by atoms with E-state index in [1.807, 2.05) is 28.4 Å². The molecule has 3 aromatic rings. The molecule has 0 aliphatic carbocycles. The number of aliphatic carboxylic acids is 2. The molecule has 4 rings (SSSR count). The van der Waals surface area contributed by atoms with Gasteiger partial charge in [-0.15, -0.1) is 11.3 Å². The summed E-state index contributed by atoms with van der Waals surface area (Å²) >= 11 is 1.87. The predicted molar refractivity (Wildman–Crippen MR) is 127 cm³/mol. The molecule has 1 fully saturated rings. The number of carboxylic acid groups (broad SMARTS) is 2. The second-order valence-electron chi connectivity index (χ2n) is 7.75. The molecule has 0 amide bonds. The highest BCUT2D eigenvalue weighted by Gasteiger charge is 2.24. The molecule has 1 atom stereocenters. The minimum Gasteiger partial charge on any atom is -0.473 e. The normalized spacial score (nSPS) is 15.4. The van der Waals surface area contributed by atoms with Crippen molar-refractivity contribution in [3.05, 3.63) is 70.9 Å². The number of aromatic nitrogens is 2. The number of hydrogen-bond acceptors (Lipinski definition) is 7. The first-order valence-corrected chi connectivity index (χ1v) is 11.5. The summed E-state index contributed by atoms with van der Waals surface area (Å²) in [5.74, 6) is -3.65. The average Bonchev–Trinajstić information content (AvgIpc) is 3.53. The Morgan fingerprint density at radius 3 is 2.33 bits per heavy atom. The van der Waals surface area contributed by atoms with Crippen molar-refractivity contribution in [2.75, 3.05) is 39.8 Å². The van der Waals surface area contributed by atoms with Crippen LogP contribution in [0, 0.1) is 0 Å². The van der Waals surface area contributed by atoms with Gasteiger partial charge in [0.05, 0.1) is 12.4 Å². The first kappa shape index (κ1) is 24.6. The van der Waals surface area contributed by atoms with Gasteiger partial charge in [-0.3, -0.25) is 4.90 Å². The lowest BCUT2D eigenvalue weighted by molar-refractivity contribution is -0.159. The Kier molecular flexibility index (Phi) is 9.14. The summed E-state index contributed by atoms with van der Waals surface area (Å²) in [5.41, 5.74) is 2.45. The van der Waals surface area contributed by atoms with E-state index in [9.17, 15) is 0 Å². The van der Waals surface area contributed by atoms with Gasteiger partial charge >= 0.3 is 11.9 Å². The summed E-state index contributed by atoms with van der Waals surface area (Å²) in [5, 5.41) is 20.7. The van der Waals surface area contributed by atoms with E-state index in [1.54, 1.807) is 6.20 Å². The molecule has 176 valence electrons. The molecule has 0 bridgehead atoms. The monoisotopic (exact) mass is 471 g/mol. The summed E-state index contributed by atoms with van der Waals surface area (Å²) in [6, 6.07) is 13.6. The molecule has 1 aromatic carbocycles.